The van der Waals surface area contributed by atoms with Crippen LogP contribution < -0.4 is 4.72 Å². The monoisotopic (exact) mass is 220 g/mol. The maximum Gasteiger partial charge on any atom is 0.225 e. The summed E-state index contributed by atoms with van der Waals surface area (Å²) < 4.78 is 24.3. The van der Waals surface area contributed by atoms with E-state index in [1.165, 1.54) is 0 Å². The normalized spacial score (nSPS) is 12.4. The number of nitriles is 1. The van der Waals surface area contributed by atoms with Crippen LogP contribution in [0.15, 0.2) is 0 Å². The molecule has 0 amide bonds. The van der Waals surface area contributed by atoms with Gasteiger partial charge in [-0.05, 0) is 12.8 Å². The fraction of sp³-hybridized carbons (Fsp3) is 0.875. The van der Waals surface area contributed by atoms with Gasteiger partial charge in [0.25, 0.3) is 0 Å². The van der Waals surface area contributed by atoms with Crippen molar-refractivity contribution < 1.29 is 13.5 Å². The van der Waals surface area contributed by atoms with Crippen LogP contribution in [-0.2, 0) is 10.0 Å². The molecule has 14 heavy (non-hydrogen) atoms. The van der Waals surface area contributed by atoms with Gasteiger partial charge in [0.15, 0.2) is 5.75 Å². The first-order valence-electron chi connectivity index (χ1n) is 4.46. The first-order valence-corrected chi connectivity index (χ1v) is 6.11. The Hall–Kier alpha value is -0.640. The second-order valence-corrected chi connectivity index (χ2v) is 4.98. The van der Waals surface area contributed by atoms with Crippen molar-refractivity contribution in [3.05, 3.63) is 0 Å². The second kappa shape index (κ2) is 5.29. The molecule has 0 aliphatic carbocycles. The molecule has 0 aromatic rings. The largest absolute Gasteiger partial charge is 0.389 e. The van der Waals surface area contributed by atoms with Crippen molar-refractivity contribution in [3.63, 3.8) is 0 Å². The number of sulfonamides is 1. The maximum absolute atomic E-state index is 11.1. The molecule has 0 saturated heterocycles. The van der Waals surface area contributed by atoms with Gasteiger partial charge in [0.05, 0.1) is 11.7 Å². The lowest BCUT2D eigenvalue weighted by Crippen LogP contribution is -2.42. The number of aliphatic hydroxyl groups is 1. The Morgan fingerprint density at radius 2 is 1.93 bits per heavy atom. The lowest BCUT2D eigenvalue weighted by Gasteiger charge is -2.24. The highest BCUT2D eigenvalue weighted by Gasteiger charge is 2.24. The summed E-state index contributed by atoms with van der Waals surface area (Å²) in [5, 5.41) is 18.0. The Labute approximate surface area is 84.8 Å². The van der Waals surface area contributed by atoms with Crippen LogP contribution in [0.2, 0.25) is 0 Å². The molecule has 0 atom stereocenters. The fourth-order valence-corrected chi connectivity index (χ4v) is 1.64. The van der Waals surface area contributed by atoms with Gasteiger partial charge in [0, 0.05) is 6.54 Å². The first kappa shape index (κ1) is 13.4. The average Bonchev–Trinajstić information content (AvgIpc) is 2.14. The molecule has 0 unspecified atom stereocenters. The molecule has 0 rings (SSSR count). The molecular weight excluding hydrogens is 204 g/mol. The minimum atomic E-state index is -3.56. The standard InChI is InChI=1S/C8H16N2O3S/c1-3-8(11,4-2)7-10-14(12,13)6-5-9/h10-11H,3-4,6-7H2,1-2H3. The van der Waals surface area contributed by atoms with Crippen LogP contribution in [0.25, 0.3) is 0 Å². The summed E-state index contributed by atoms with van der Waals surface area (Å²) in [5.74, 6) is -0.573. The summed E-state index contributed by atoms with van der Waals surface area (Å²) in [4.78, 5) is 0. The zero-order valence-electron chi connectivity index (χ0n) is 8.45. The van der Waals surface area contributed by atoms with Gasteiger partial charge in [-0.15, -0.1) is 0 Å². The molecular formula is C8H16N2O3S. The highest BCUT2D eigenvalue weighted by molar-refractivity contribution is 7.89. The summed E-state index contributed by atoms with van der Waals surface area (Å²) in [6, 6.07) is 1.55. The van der Waals surface area contributed by atoms with E-state index in [1.54, 1.807) is 19.9 Å². The molecule has 0 aliphatic rings. The Morgan fingerprint density at radius 3 is 2.29 bits per heavy atom. The van der Waals surface area contributed by atoms with Gasteiger partial charge in [-0.1, -0.05) is 13.8 Å². The Bertz CT molecular complexity index is 301. The van der Waals surface area contributed by atoms with E-state index in [0.29, 0.717) is 12.8 Å². The lowest BCUT2D eigenvalue weighted by molar-refractivity contribution is 0.0377. The van der Waals surface area contributed by atoms with Crippen molar-refractivity contribution in [2.75, 3.05) is 12.3 Å². The molecule has 82 valence electrons. The maximum atomic E-state index is 11.1. The Kier molecular flexibility index (Phi) is 5.05. The Morgan fingerprint density at radius 1 is 1.43 bits per heavy atom. The molecule has 5 nitrogen and oxygen atoms in total. The zero-order chi connectivity index (χ0) is 11.2. The minimum absolute atomic E-state index is 0.0377. The third-order valence-electron chi connectivity index (χ3n) is 2.19. The molecule has 0 heterocycles. The van der Waals surface area contributed by atoms with Gasteiger partial charge >= 0.3 is 0 Å². The molecule has 0 fully saturated rings. The zero-order valence-corrected chi connectivity index (χ0v) is 9.26. The SMILES string of the molecule is CCC(O)(CC)CNS(=O)(=O)CC#N. The number of hydrogen-bond acceptors (Lipinski definition) is 4. The van der Waals surface area contributed by atoms with Crippen LogP contribution in [0.5, 0.6) is 0 Å². The van der Waals surface area contributed by atoms with Gasteiger partial charge in [0.1, 0.15) is 0 Å². The van der Waals surface area contributed by atoms with E-state index >= 15 is 0 Å². The van der Waals surface area contributed by atoms with Crippen molar-refractivity contribution in [1.82, 2.24) is 4.72 Å². The molecule has 2 N–H and O–H groups in total. The van der Waals surface area contributed by atoms with Crippen LogP contribution >= 0.6 is 0 Å². The van der Waals surface area contributed by atoms with E-state index in [1.807, 2.05) is 0 Å². The van der Waals surface area contributed by atoms with E-state index in [4.69, 9.17) is 5.26 Å². The van der Waals surface area contributed by atoms with E-state index in [-0.39, 0.29) is 6.54 Å². The van der Waals surface area contributed by atoms with Crippen LogP contribution in [0, 0.1) is 11.3 Å². The van der Waals surface area contributed by atoms with Crippen molar-refractivity contribution >= 4 is 10.0 Å². The molecule has 0 aromatic carbocycles. The van der Waals surface area contributed by atoms with Crippen molar-refractivity contribution in [2.45, 2.75) is 32.3 Å². The van der Waals surface area contributed by atoms with Crippen LogP contribution in [-0.4, -0.2) is 31.4 Å². The molecule has 0 aromatic heterocycles. The second-order valence-electron chi connectivity index (χ2n) is 3.17. The smallest absolute Gasteiger partial charge is 0.225 e. The van der Waals surface area contributed by atoms with Crippen LogP contribution in [0.4, 0.5) is 0 Å². The van der Waals surface area contributed by atoms with E-state index in [9.17, 15) is 13.5 Å². The summed E-state index contributed by atoms with van der Waals surface area (Å²) in [6.45, 7) is 3.52. The molecule has 0 radical (unpaired) electrons. The van der Waals surface area contributed by atoms with Gasteiger partial charge < -0.3 is 5.11 Å². The summed E-state index contributed by atoms with van der Waals surface area (Å²) in [6.07, 6.45) is 0.942. The molecule has 0 bridgehead atoms. The predicted molar refractivity (Wildman–Crippen MR) is 52.9 cm³/mol. The quantitative estimate of drug-likeness (QED) is 0.658. The first-order chi connectivity index (χ1) is 6.39. The van der Waals surface area contributed by atoms with E-state index in [2.05, 4.69) is 4.72 Å². The summed E-state index contributed by atoms with van der Waals surface area (Å²) in [7, 11) is -3.56. The number of nitrogens with zero attached hydrogens (tertiary/aromatic N) is 1. The number of nitrogens with one attached hydrogen (secondary N) is 1. The predicted octanol–water partition coefficient (Wildman–Crippen LogP) is -0.0195. The molecule has 6 heteroatoms. The van der Waals surface area contributed by atoms with E-state index in [0.717, 1.165) is 0 Å². The number of rotatable bonds is 6. The summed E-state index contributed by atoms with van der Waals surface area (Å²) in [5.41, 5.74) is -1.01. The van der Waals surface area contributed by atoms with Crippen LogP contribution in [0.3, 0.4) is 0 Å². The van der Waals surface area contributed by atoms with E-state index < -0.39 is 21.4 Å². The molecule has 0 aliphatic heterocycles. The fourth-order valence-electron chi connectivity index (χ4n) is 0.880. The van der Waals surface area contributed by atoms with Crippen molar-refractivity contribution in [3.8, 4) is 6.07 Å². The van der Waals surface area contributed by atoms with Gasteiger partial charge in [-0.3, -0.25) is 0 Å². The topological polar surface area (TPSA) is 90.2 Å². The Balaban J connectivity index is 4.25. The lowest BCUT2D eigenvalue weighted by atomic mass is 9.98. The van der Waals surface area contributed by atoms with Crippen molar-refractivity contribution in [1.29, 1.82) is 5.26 Å². The van der Waals surface area contributed by atoms with Gasteiger partial charge in [-0.2, -0.15) is 5.26 Å². The molecule has 0 saturated carbocycles. The van der Waals surface area contributed by atoms with Crippen molar-refractivity contribution in [2.24, 2.45) is 0 Å². The highest BCUT2D eigenvalue weighted by Crippen LogP contribution is 2.13. The number of hydrogen-bond donors (Lipinski definition) is 2. The average molecular weight is 220 g/mol. The summed E-state index contributed by atoms with van der Waals surface area (Å²) >= 11 is 0. The van der Waals surface area contributed by atoms with Crippen LogP contribution in [0.1, 0.15) is 26.7 Å². The third kappa shape index (κ3) is 4.56. The molecule has 0 spiro atoms. The van der Waals surface area contributed by atoms with Gasteiger partial charge in [0.2, 0.25) is 10.0 Å². The van der Waals surface area contributed by atoms with Gasteiger partial charge in [-0.25, -0.2) is 13.1 Å². The minimum Gasteiger partial charge on any atom is -0.389 e. The third-order valence-corrected chi connectivity index (χ3v) is 3.29. The highest BCUT2D eigenvalue weighted by atomic mass is 32.2.